The maximum Gasteiger partial charge on any atom is 0.338 e. The van der Waals surface area contributed by atoms with E-state index in [-0.39, 0.29) is 5.56 Å². The van der Waals surface area contributed by atoms with Gasteiger partial charge in [0.25, 0.3) is 0 Å². The average Bonchev–Trinajstić information content (AvgIpc) is 3.11. The summed E-state index contributed by atoms with van der Waals surface area (Å²) in [6.45, 7) is 8.10. The molecule has 0 saturated heterocycles. The van der Waals surface area contributed by atoms with Crippen LogP contribution < -0.4 is 9.47 Å². The molecule has 0 spiro atoms. The van der Waals surface area contributed by atoms with Gasteiger partial charge in [-0.1, -0.05) is 13.8 Å². The van der Waals surface area contributed by atoms with Gasteiger partial charge in [-0.25, -0.2) is 9.78 Å². The number of aryl methyl sites for hydroxylation is 1. The van der Waals surface area contributed by atoms with Crippen molar-refractivity contribution in [3.05, 3.63) is 39.8 Å². The van der Waals surface area contributed by atoms with Crippen LogP contribution >= 0.6 is 11.3 Å². The third-order valence-electron chi connectivity index (χ3n) is 3.73. The highest BCUT2D eigenvalue weighted by molar-refractivity contribution is 7.09. The number of thiazole rings is 1. The van der Waals surface area contributed by atoms with Gasteiger partial charge < -0.3 is 14.2 Å². The standard InChI is InChI=1S/C21H24N2O5S/c1-5-26-19-8-15(6-7-18(19)27-10-13(2)3)21(25)28-11-17(24)16(9-22)20-23-14(4)12-29-20/h6-8,12-13,16H,5,10-11H2,1-4H3. The minimum absolute atomic E-state index is 0.233. The average molecular weight is 416 g/mol. The fourth-order valence-electron chi connectivity index (χ4n) is 2.35. The first-order chi connectivity index (χ1) is 13.8. The molecule has 0 aliphatic carbocycles. The Hall–Kier alpha value is -2.92. The van der Waals surface area contributed by atoms with Crippen molar-refractivity contribution >= 4 is 23.1 Å². The van der Waals surface area contributed by atoms with Crippen molar-refractivity contribution in [2.24, 2.45) is 5.92 Å². The first-order valence-corrected chi connectivity index (χ1v) is 10.1. The highest BCUT2D eigenvalue weighted by atomic mass is 32.1. The Kier molecular flexibility index (Phi) is 8.16. The first-order valence-electron chi connectivity index (χ1n) is 9.26. The fourth-order valence-corrected chi connectivity index (χ4v) is 3.21. The van der Waals surface area contributed by atoms with E-state index in [1.54, 1.807) is 24.4 Å². The number of hydrogen-bond acceptors (Lipinski definition) is 8. The highest BCUT2D eigenvalue weighted by Gasteiger charge is 2.25. The lowest BCUT2D eigenvalue weighted by atomic mass is 10.1. The molecule has 1 heterocycles. The van der Waals surface area contributed by atoms with Crippen LogP contribution in [0.4, 0.5) is 0 Å². The van der Waals surface area contributed by atoms with Crippen LogP contribution in [0, 0.1) is 24.2 Å². The largest absolute Gasteiger partial charge is 0.490 e. The van der Waals surface area contributed by atoms with Gasteiger partial charge in [0.2, 0.25) is 0 Å². The minimum Gasteiger partial charge on any atom is -0.490 e. The van der Waals surface area contributed by atoms with E-state index in [0.717, 1.165) is 5.69 Å². The Morgan fingerprint density at radius 2 is 2.00 bits per heavy atom. The Morgan fingerprint density at radius 3 is 2.59 bits per heavy atom. The zero-order chi connectivity index (χ0) is 21.4. The number of ether oxygens (including phenoxy) is 3. The van der Waals surface area contributed by atoms with E-state index in [2.05, 4.69) is 4.98 Å². The SMILES string of the molecule is CCOc1cc(C(=O)OCC(=O)C(C#N)c2nc(C)cs2)ccc1OCC(C)C. The maximum atomic E-state index is 12.4. The molecule has 1 unspecified atom stereocenters. The molecule has 1 aromatic heterocycles. The molecule has 0 aliphatic rings. The van der Waals surface area contributed by atoms with Crippen LogP contribution in [0.1, 0.15) is 47.7 Å². The van der Waals surface area contributed by atoms with Gasteiger partial charge >= 0.3 is 5.97 Å². The van der Waals surface area contributed by atoms with Crippen molar-refractivity contribution in [3.63, 3.8) is 0 Å². The minimum atomic E-state index is -1.05. The fraction of sp³-hybridized carbons (Fsp3) is 0.429. The maximum absolute atomic E-state index is 12.4. The van der Waals surface area contributed by atoms with E-state index in [1.165, 1.54) is 17.4 Å². The predicted octanol–water partition coefficient (Wildman–Crippen LogP) is 3.92. The number of hydrogen-bond donors (Lipinski definition) is 0. The van der Waals surface area contributed by atoms with E-state index < -0.39 is 24.3 Å². The molecule has 2 aromatic rings. The molecule has 0 amide bonds. The number of benzene rings is 1. The van der Waals surface area contributed by atoms with E-state index in [9.17, 15) is 14.9 Å². The normalized spacial score (nSPS) is 11.6. The summed E-state index contributed by atoms with van der Waals surface area (Å²) in [5.74, 6) is -0.931. The number of carbonyl (C=O) groups excluding carboxylic acids is 2. The summed E-state index contributed by atoms with van der Waals surface area (Å²) in [5.41, 5.74) is 0.968. The monoisotopic (exact) mass is 416 g/mol. The van der Waals surface area contributed by atoms with Crippen molar-refractivity contribution in [1.29, 1.82) is 5.26 Å². The molecule has 0 radical (unpaired) electrons. The molecule has 154 valence electrons. The number of ketones is 1. The van der Waals surface area contributed by atoms with Gasteiger partial charge in [0.05, 0.1) is 24.8 Å². The molecular weight excluding hydrogens is 392 g/mol. The number of aromatic nitrogens is 1. The number of nitriles is 1. The molecule has 7 nitrogen and oxygen atoms in total. The van der Waals surface area contributed by atoms with Crippen molar-refractivity contribution < 1.29 is 23.8 Å². The molecule has 0 aliphatic heterocycles. The lowest BCUT2D eigenvalue weighted by molar-refractivity contribution is -0.122. The molecule has 1 aromatic carbocycles. The van der Waals surface area contributed by atoms with Gasteiger partial charge in [-0.3, -0.25) is 4.79 Å². The number of esters is 1. The van der Waals surface area contributed by atoms with E-state index in [0.29, 0.717) is 35.6 Å². The van der Waals surface area contributed by atoms with E-state index in [1.807, 2.05) is 26.8 Å². The smallest absolute Gasteiger partial charge is 0.338 e. The van der Waals surface area contributed by atoms with Gasteiger partial charge in [0, 0.05) is 11.1 Å². The second kappa shape index (κ2) is 10.6. The Morgan fingerprint density at radius 1 is 1.24 bits per heavy atom. The number of carbonyl (C=O) groups is 2. The summed E-state index contributed by atoms with van der Waals surface area (Å²) < 4.78 is 16.4. The molecule has 8 heteroatoms. The summed E-state index contributed by atoms with van der Waals surface area (Å²) >= 11 is 1.23. The van der Waals surface area contributed by atoms with Gasteiger partial charge in [-0.05, 0) is 38.0 Å². The molecule has 2 rings (SSSR count). The van der Waals surface area contributed by atoms with E-state index in [4.69, 9.17) is 14.2 Å². The van der Waals surface area contributed by atoms with Gasteiger partial charge in [0.15, 0.2) is 29.8 Å². The van der Waals surface area contributed by atoms with E-state index >= 15 is 0 Å². The third-order valence-corrected chi connectivity index (χ3v) is 4.76. The first kappa shape index (κ1) is 22.4. The Balaban J connectivity index is 2.05. The molecular formula is C21H24N2O5S. The van der Waals surface area contributed by atoms with Crippen LogP contribution in [-0.2, 0) is 9.53 Å². The molecule has 29 heavy (non-hydrogen) atoms. The van der Waals surface area contributed by atoms with Gasteiger partial charge in [-0.15, -0.1) is 11.3 Å². The molecule has 1 atom stereocenters. The van der Waals surface area contributed by atoms with Crippen LogP contribution in [0.25, 0.3) is 0 Å². The second-order valence-electron chi connectivity index (χ2n) is 6.73. The molecule has 0 N–H and O–H groups in total. The summed E-state index contributed by atoms with van der Waals surface area (Å²) in [6, 6.07) is 6.64. The van der Waals surface area contributed by atoms with Crippen LogP contribution in [-0.4, -0.2) is 36.6 Å². The quantitative estimate of drug-likeness (QED) is 0.541. The summed E-state index contributed by atoms with van der Waals surface area (Å²) in [4.78, 5) is 28.8. The highest BCUT2D eigenvalue weighted by Crippen LogP contribution is 2.29. The van der Waals surface area contributed by atoms with Crippen molar-refractivity contribution in [2.45, 2.75) is 33.6 Å². The summed E-state index contributed by atoms with van der Waals surface area (Å²) in [7, 11) is 0. The van der Waals surface area contributed by atoms with Crippen molar-refractivity contribution in [3.8, 4) is 17.6 Å². The van der Waals surface area contributed by atoms with Crippen LogP contribution in [0.15, 0.2) is 23.6 Å². The molecule has 0 bridgehead atoms. The van der Waals surface area contributed by atoms with Crippen molar-refractivity contribution in [1.82, 2.24) is 4.98 Å². The van der Waals surface area contributed by atoms with Crippen molar-refractivity contribution in [2.75, 3.05) is 19.8 Å². The Labute approximate surface area is 174 Å². The zero-order valence-corrected chi connectivity index (χ0v) is 17.7. The lowest BCUT2D eigenvalue weighted by Crippen LogP contribution is -2.20. The topological polar surface area (TPSA) is 98.5 Å². The predicted molar refractivity (Wildman–Crippen MR) is 108 cm³/mol. The second-order valence-corrected chi connectivity index (χ2v) is 7.62. The zero-order valence-electron chi connectivity index (χ0n) is 16.9. The lowest BCUT2D eigenvalue weighted by Gasteiger charge is -2.14. The van der Waals surface area contributed by atoms with Crippen LogP contribution in [0.5, 0.6) is 11.5 Å². The van der Waals surface area contributed by atoms with Crippen LogP contribution in [0.2, 0.25) is 0 Å². The third kappa shape index (κ3) is 6.29. The Bertz CT molecular complexity index is 901. The molecule has 0 saturated carbocycles. The number of nitrogens with zero attached hydrogens (tertiary/aromatic N) is 2. The summed E-state index contributed by atoms with van der Waals surface area (Å²) in [6.07, 6.45) is 0. The van der Waals surface area contributed by atoms with Gasteiger partial charge in [0.1, 0.15) is 5.01 Å². The van der Waals surface area contributed by atoms with Gasteiger partial charge in [-0.2, -0.15) is 5.26 Å². The van der Waals surface area contributed by atoms with Crippen LogP contribution in [0.3, 0.4) is 0 Å². The number of Topliss-reactive ketones (excluding diaryl/α,β-unsaturated/α-hetero) is 1. The number of rotatable bonds is 10. The summed E-state index contributed by atoms with van der Waals surface area (Å²) in [5, 5.41) is 11.4. The molecule has 0 fully saturated rings.